The lowest BCUT2D eigenvalue weighted by Crippen LogP contribution is -2.37. The van der Waals surface area contributed by atoms with Crippen molar-refractivity contribution in [2.75, 3.05) is 25.2 Å². The first-order valence-electron chi connectivity index (χ1n) is 8.91. The number of ether oxygens (including phenoxy) is 2. The molecule has 0 radical (unpaired) electrons. The van der Waals surface area contributed by atoms with E-state index in [4.69, 9.17) is 15.2 Å². The number of hydrogen-bond donors (Lipinski definition) is 1. The minimum absolute atomic E-state index is 0.0609. The van der Waals surface area contributed by atoms with E-state index in [0.717, 1.165) is 37.2 Å². The number of nitrogens with two attached hydrogens (primary N) is 1. The first-order chi connectivity index (χ1) is 11.3. The standard InChI is InChI=1S/C19H29NO2S/c1-21-18-16(19(14-20)10-3-2-4-11-19)6-5-7-17(18)22-15-8-12-23-13-9-15/h5-7,15H,2-4,8-14,20H2,1H3. The molecule has 0 spiro atoms. The van der Waals surface area contributed by atoms with Gasteiger partial charge in [-0.25, -0.2) is 0 Å². The predicted molar refractivity (Wildman–Crippen MR) is 97.8 cm³/mol. The van der Waals surface area contributed by atoms with Gasteiger partial charge in [0.05, 0.1) is 7.11 Å². The lowest BCUT2D eigenvalue weighted by molar-refractivity contribution is 0.182. The SMILES string of the molecule is COc1c(OC2CCSCC2)cccc1C1(CN)CCCCC1. The van der Waals surface area contributed by atoms with E-state index in [-0.39, 0.29) is 5.41 Å². The van der Waals surface area contributed by atoms with Crippen LogP contribution in [0.4, 0.5) is 0 Å². The molecule has 1 aromatic rings. The zero-order valence-electron chi connectivity index (χ0n) is 14.2. The first kappa shape index (κ1) is 17.0. The Balaban J connectivity index is 1.89. The van der Waals surface area contributed by atoms with Crippen molar-refractivity contribution in [1.82, 2.24) is 0 Å². The fourth-order valence-electron chi connectivity index (χ4n) is 4.02. The van der Waals surface area contributed by atoms with Gasteiger partial charge in [-0.1, -0.05) is 31.4 Å². The van der Waals surface area contributed by atoms with E-state index >= 15 is 0 Å². The van der Waals surface area contributed by atoms with Crippen LogP contribution in [0.1, 0.15) is 50.5 Å². The third-order valence-electron chi connectivity index (χ3n) is 5.42. The van der Waals surface area contributed by atoms with Crippen molar-refractivity contribution >= 4 is 11.8 Å². The average Bonchev–Trinajstić information content (AvgIpc) is 2.63. The van der Waals surface area contributed by atoms with Crippen LogP contribution < -0.4 is 15.2 Å². The van der Waals surface area contributed by atoms with Gasteiger partial charge in [-0.05, 0) is 43.3 Å². The summed E-state index contributed by atoms with van der Waals surface area (Å²) in [6.45, 7) is 0.687. The van der Waals surface area contributed by atoms with Crippen LogP contribution in [0.3, 0.4) is 0 Å². The van der Waals surface area contributed by atoms with Crippen molar-refractivity contribution in [3.63, 3.8) is 0 Å². The van der Waals surface area contributed by atoms with Crippen molar-refractivity contribution in [2.24, 2.45) is 5.73 Å². The molecule has 2 aliphatic rings. The lowest BCUT2D eigenvalue weighted by atomic mass is 9.69. The molecule has 3 nitrogen and oxygen atoms in total. The Morgan fingerprint density at radius 2 is 1.91 bits per heavy atom. The lowest BCUT2D eigenvalue weighted by Gasteiger charge is -2.38. The van der Waals surface area contributed by atoms with Gasteiger partial charge in [-0.2, -0.15) is 11.8 Å². The van der Waals surface area contributed by atoms with Gasteiger partial charge in [0.25, 0.3) is 0 Å². The molecule has 0 amide bonds. The summed E-state index contributed by atoms with van der Waals surface area (Å²) in [4.78, 5) is 0. The molecule has 1 aromatic carbocycles. The number of methoxy groups -OCH3 is 1. The summed E-state index contributed by atoms with van der Waals surface area (Å²) in [7, 11) is 1.76. The Morgan fingerprint density at radius 3 is 2.57 bits per heavy atom. The highest BCUT2D eigenvalue weighted by Crippen LogP contribution is 2.46. The van der Waals surface area contributed by atoms with Crippen LogP contribution in [0.2, 0.25) is 0 Å². The van der Waals surface area contributed by atoms with E-state index in [0.29, 0.717) is 12.6 Å². The van der Waals surface area contributed by atoms with Gasteiger partial charge < -0.3 is 15.2 Å². The van der Waals surface area contributed by atoms with Crippen molar-refractivity contribution in [2.45, 2.75) is 56.5 Å². The van der Waals surface area contributed by atoms with Crippen LogP contribution in [-0.4, -0.2) is 31.3 Å². The Morgan fingerprint density at radius 1 is 1.17 bits per heavy atom. The van der Waals surface area contributed by atoms with Crippen molar-refractivity contribution in [3.8, 4) is 11.5 Å². The molecule has 0 bridgehead atoms. The normalized spacial score (nSPS) is 21.8. The number of benzene rings is 1. The van der Waals surface area contributed by atoms with Crippen LogP contribution in [-0.2, 0) is 5.41 Å². The van der Waals surface area contributed by atoms with Crippen LogP contribution >= 0.6 is 11.8 Å². The molecule has 0 aromatic heterocycles. The highest BCUT2D eigenvalue weighted by molar-refractivity contribution is 7.99. The zero-order chi connectivity index (χ0) is 16.1. The van der Waals surface area contributed by atoms with E-state index in [1.54, 1.807) is 7.11 Å². The minimum Gasteiger partial charge on any atom is -0.493 e. The second-order valence-electron chi connectivity index (χ2n) is 6.81. The smallest absolute Gasteiger partial charge is 0.164 e. The van der Waals surface area contributed by atoms with Crippen LogP contribution in [0, 0.1) is 0 Å². The Kier molecular flexibility index (Phi) is 5.76. The second-order valence-corrected chi connectivity index (χ2v) is 8.04. The third-order valence-corrected chi connectivity index (χ3v) is 6.47. The summed E-state index contributed by atoms with van der Waals surface area (Å²) in [5.74, 6) is 4.21. The molecule has 1 aliphatic carbocycles. The largest absolute Gasteiger partial charge is 0.493 e. The monoisotopic (exact) mass is 335 g/mol. The molecule has 1 saturated carbocycles. The maximum atomic E-state index is 6.32. The van der Waals surface area contributed by atoms with E-state index in [2.05, 4.69) is 18.2 Å². The van der Waals surface area contributed by atoms with Crippen molar-refractivity contribution < 1.29 is 9.47 Å². The van der Waals surface area contributed by atoms with Gasteiger partial charge in [-0.3, -0.25) is 0 Å². The topological polar surface area (TPSA) is 44.5 Å². The quantitative estimate of drug-likeness (QED) is 0.879. The zero-order valence-corrected chi connectivity index (χ0v) is 15.0. The van der Waals surface area contributed by atoms with Gasteiger partial charge in [0.15, 0.2) is 11.5 Å². The molecule has 3 rings (SSSR count). The summed E-state index contributed by atoms with van der Waals surface area (Å²) in [5.41, 5.74) is 7.54. The Hall–Kier alpha value is -0.870. The molecule has 1 heterocycles. The molecule has 2 N–H and O–H groups in total. The maximum absolute atomic E-state index is 6.32. The van der Waals surface area contributed by atoms with Crippen LogP contribution in [0.15, 0.2) is 18.2 Å². The molecule has 4 heteroatoms. The summed E-state index contributed by atoms with van der Waals surface area (Å²) in [6, 6.07) is 6.36. The van der Waals surface area contributed by atoms with E-state index in [1.807, 2.05) is 11.8 Å². The first-order valence-corrected chi connectivity index (χ1v) is 10.1. The van der Waals surface area contributed by atoms with Gasteiger partial charge in [0, 0.05) is 17.5 Å². The van der Waals surface area contributed by atoms with E-state index in [1.165, 1.54) is 36.3 Å². The fraction of sp³-hybridized carbons (Fsp3) is 0.684. The number of para-hydroxylation sites is 1. The van der Waals surface area contributed by atoms with Crippen molar-refractivity contribution in [1.29, 1.82) is 0 Å². The summed E-state index contributed by atoms with van der Waals surface area (Å²) >= 11 is 2.02. The van der Waals surface area contributed by atoms with Gasteiger partial charge >= 0.3 is 0 Å². The Labute approximate surface area is 144 Å². The molecular formula is C19H29NO2S. The molecule has 23 heavy (non-hydrogen) atoms. The van der Waals surface area contributed by atoms with Crippen LogP contribution in [0.25, 0.3) is 0 Å². The number of hydrogen-bond acceptors (Lipinski definition) is 4. The number of thioether (sulfide) groups is 1. The van der Waals surface area contributed by atoms with Crippen LogP contribution in [0.5, 0.6) is 11.5 Å². The van der Waals surface area contributed by atoms with Crippen molar-refractivity contribution in [3.05, 3.63) is 23.8 Å². The highest BCUT2D eigenvalue weighted by Gasteiger charge is 2.36. The number of rotatable bonds is 5. The fourth-order valence-corrected chi connectivity index (χ4v) is 5.09. The molecule has 0 atom stereocenters. The second kappa shape index (κ2) is 7.80. The van der Waals surface area contributed by atoms with Gasteiger partial charge in [0.1, 0.15) is 6.10 Å². The molecule has 1 saturated heterocycles. The summed E-state index contributed by atoms with van der Waals surface area (Å²) in [6.07, 6.45) is 8.71. The van der Waals surface area contributed by atoms with Gasteiger partial charge in [-0.15, -0.1) is 0 Å². The summed E-state index contributed by atoms with van der Waals surface area (Å²) < 4.78 is 12.1. The van der Waals surface area contributed by atoms with E-state index in [9.17, 15) is 0 Å². The third kappa shape index (κ3) is 3.63. The molecule has 128 valence electrons. The average molecular weight is 336 g/mol. The summed E-state index contributed by atoms with van der Waals surface area (Å²) in [5, 5.41) is 0. The molecule has 0 unspecified atom stereocenters. The molecule has 2 fully saturated rings. The molecule has 1 aliphatic heterocycles. The maximum Gasteiger partial charge on any atom is 0.164 e. The Bertz CT molecular complexity index is 508. The minimum atomic E-state index is 0.0609. The van der Waals surface area contributed by atoms with Gasteiger partial charge in [0.2, 0.25) is 0 Å². The predicted octanol–water partition coefficient (Wildman–Crippen LogP) is 4.13. The van der Waals surface area contributed by atoms with E-state index < -0.39 is 0 Å². The highest BCUT2D eigenvalue weighted by atomic mass is 32.2. The molecular weight excluding hydrogens is 306 g/mol.